The Labute approximate surface area is 114 Å². The number of amides is 1. The molecule has 1 aliphatic heterocycles. The monoisotopic (exact) mass is 279 g/mol. The highest BCUT2D eigenvalue weighted by Gasteiger charge is 2.24. The van der Waals surface area contributed by atoms with Crippen molar-refractivity contribution >= 4 is 27.3 Å². The molecule has 3 nitrogen and oxygen atoms in total. The smallest absolute Gasteiger partial charge is 0.264 e. The third-order valence-corrected chi connectivity index (χ3v) is 4.48. The van der Waals surface area contributed by atoms with E-state index in [2.05, 4.69) is 0 Å². The number of hydrogen-bond donors (Lipinski definition) is 1. The van der Waals surface area contributed by atoms with Gasteiger partial charge in [0.2, 0.25) is 0 Å². The quantitative estimate of drug-likeness (QED) is 0.871. The number of benzene rings is 1. The second-order valence-corrected chi connectivity index (χ2v) is 5.92. The van der Waals surface area contributed by atoms with Crippen molar-refractivity contribution in [3.05, 3.63) is 35.0 Å². The summed E-state index contributed by atoms with van der Waals surface area (Å²) in [6.45, 7) is 1.07. The molecule has 1 fully saturated rings. The number of likely N-dealkylation sites (tertiary alicyclic amines) is 1. The SMILES string of the molecule is O=C(c1cc2cc(F)ccc2s1)N1CCCC(O)C1. The topological polar surface area (TPSA) is 40.5 Å². The number of piperidine rings is 1. The number of fused-ring (bicyclic) bond motifs is 1. The zero-order chi connectivity index (χ0) is 13.4. The number of nitrogens with zero attached hydrogens (tertiary/aromatic N) is 1. The minimum atomic E-state index is -0.426. The van der Waals surface area contributed by atoms with Crippen molar-refractivity contribution in [2.24, 2.45) is 0 Å². The van der Waals surface area contributed by atoms with Crippen LogP contribution < -0.4 is 0 Å². The van der Waals surface area contributed by atoms with Crippen molar-refractivity contribution in [3.63, 3.8) is 0 Å². The molecule has 2 heterocycles. The summed E-state index contributed by atoms with van der Waals surface area (Å²) < 4.78 is 14.0. The summed E-state index contributed by atoms with van der Waals surface area (Å²) in [5.74, 6) is -0.363. The van der Waals surface area contributed by atoms with E-state index in [1.807, 2.05) is 0 Å². The molecule has 5 heteroatoms. The minimum absolute atomic E-state index is 0.0691. The Morgan fingerprint density at radius 1 is 1.42 bits per heavy atom. The van der Waals surface area contributed by atoms with Gasteiger partial charge in [0.05, 0.1) is 11.0 Å². The van der Waals surface area contributed by atoms with Crippen LogP contribution in [-0.2, 0) is 0 Å². The van der Waals surface area contributed by atoms with Crippen LogP contribution in [0.4, 0.5) is 4.39 Å². The first-order valence-electron chi connectivity index (χ1n) is 6.30. The fraction of sp³-hybridized carbons (Fsp3) is 0.357. The van der Waals surface area contributed by atoms with E-state index in [4.69, 9.17) is 0 Å². The van der Waals surface area contributed by atoms with Crippen molar-refractivity contribution in [1.82, 2.24) is 4.90 Å². The molecule has 100 valence electrons. The lowest BCUT2D eigenvalue weighted by atomic mass is 10.1. The van der Waals surface area contributed by atoms with Crippen LogP contribution in [0.1, 0.15) is 22.5 Å². The number of aliphatic hydroxyl groups excluding tert-OH is 1. The van der Waals surface area contributed by atoms with E-state index in [0.29, 0.717) is 18.0 Å². The number of aliphatic hydroxyl groups is 1. The average molecular weight is 279 g/mol. The maximum Gasteiger partial charge on any atom is 0.264 e. The van der Waals surface area contributed by atoms with Gasteiger partial charge in [-0.15, -0.1) is 11.3 Å². The van der Waals surface area contributed by atoms with Gasteiger partial charge in [-0.05, 0) is 42.5 Å². The van der Waals surface area contributed by atoms with Gasteiger partial charge in [0.15, 0.2) is 0 Å². The fourth-order valence-corrected chi connectivity index (χ4v) is 3.43. The highest BCUT2D eigenvalue weighted by atomic mass is 32.1. The third-order valence-electron chi connectivity index (χ3n) is 3.37. The van der Waals surface area contributed by atoms with Crippen molar-refractivity contribution in [2.75, 3.05) is 13.1 Å². The molecule has 1 aliphatic rings. The summed E-state index contributed by atoms with van der Waals surface area (Å²) in [6.07, 6.45) is 1.15. The molecule has 1 atom stereocenters. The zero-order valence-corrected chi connectivity index (χ0v) is 11.1. The van der Waals surface area contributed by atoms with Gasteiger partial charge in [-0.1, -0.05) is 0 Å². The van der Waals surface area contributed by atoms with Crippen LogP contribution in [0.25, 0.3) is 10.1 Å². The predicted molar refractivity (Wildman–Crippen MR) is 72.9 cm³/mol. The van der Waals surface area contributed by atoms with Crippen LogP contribution in [-0.4, -0.2) is 35.1 Å². The summed E-state index contributed by atoms with van der Waals surface area (Å²) in [5, 5.41) is 10.4. The molecule has 0 saturated carbocycles. The highest BCUT2D eigenvalue weighted by molar-refractivity contribution is 7.20. The lowest BCUT2D eigenvalue weighted by molar-refractivity contribution is 0.0478. The molecule has 0 radical (unpaired) electrons. The van der Waals surface area contributed by atoms with Crippen molar-refractivity contribution in [1.29, 1.82) is 0 Å². The van der Waals surface area contributed by atoms with Crippen LogP contribution in [0.2, 0.25) is 0 Å². The van der Waals surface area contributed by atoms with Gasteiger partial charge in [0.25, 0.3) is 5.91 Å². The lowest BCUT2D eigenvalue weighted by Crippen LogP contribution is -2.41. The van der Waals surface area contributed by atoms with Gasteiger partial charge in [0, 0.05) is 17.8 Å². The van der Waals surface area contributed by atoms with E-state index in [1.165, 1.54) is 23.5 Å². The Kier molecular flexibility index (Phi) is 3.24. The lowest BCUT2D eigenvalue weighted by Gasteiger charge is -2.29. The molecule has 1 aromatic heterocycles. The summed E-state index contributed by atoms with van der Waals surface area (Å²) in [5.41, 5.74) is 0. The van der Waals surface area contributed by atoms with Gasteiger partial charge in [0.1, 0.15) is 5.82 Å². The summed E-state index contributed by atoms with van der Waals surface area (Å²) in [7, 11) is 0. The summed E-state index contributed by atoms with van der Waals surface area (Å²) in [6, 6.07) is 6.26. The molecule has 0 aliphatic carbocycles. The van der Waals surface area contributed by atoms with E-state index in [9.17, 15) is 14.3 Å². The molecule has 0 bridgehead atoms. The van der Waals surface area contributed by atoms with E-state index in [-0.39, 0.29) is 11.7 Å². The molecule has 3 rings (SSSR count). The number of carbonyl (C=O) groups excluding carboxylic acids is 1. The first kappa shape index (κ1) is 12.6. The van der Waals surface area contributed by atoms with Gasteiger partial charge in [-0.2, -0.15) is 0 Å². The molecule has 0 spiro atoms. The third kappa shape index (κ3) is 2.48. The van der Waals surface area contributed by atoms with E-state index in [1.54, 1.807) is 17.0 Å². The van der Waals surface area contributed by atoms with E-state index >= 15 is 0 Å². The van der Waals surface area contributed by atoms with Crippen molar-refractivity contribution in [2.45, 2.75) is 18.9 Å². The Morgan fingerprint density at radius 2 is 2.26 bits per heavy atom. The predicted octanol–water partition coefficient (Wildman–Crippen LogP) is 2.64. The van der Waals surface area contributed by atoms with Gasteiger partial charge >= 0.3 is 0 Å². The van der Waals surface area contributed by atoms with Crippen LogP contribution in [0, 0.1) is 5.82 Å². The molecule has 1 aromatic carbocycles. The Hall–Kier alpha value is -1.46. The Morgan fingerprint density at radius 3 is 3.05 bits per heavy atom. The molecule has 19 heavy (non-hydrogen) atoms. The van der Waals surface area contributed by atoms with Gasteiger partial charge in [-0.3, -0.25) is 4.79 Å². The molecule has 2 aromatic rings. The van der Waals surface area contributed by atoms with Crippen LogP contribution >= 0.6 is 11.3 Å². The van der Waals surface area contributed by atoms with Crippen LogP contribution in [0.15, 0.2) is 24.3 Å². The van der Waals surface area contributed by atoms with E-state index < -0.39 is 6.10 Å². The number of β-amino-alcohol motifs (C(OH)–C–C–N with tert-alkyl or cyclic N) is 1. The largest absolute Gasteiger partial charge is 0.391 e. The van der Waals surface area contributed by atoms with E-state index in [0.717, 1.165) is 22.9 Å². The number of carbonyl (C=O) groups is 1. The molecular weight excluding hydrogens is 265 g/mol. The maximum absolute atomic E-state index is 13.1. The second kappa shape index (κ2) is 4.90. The molecular formula is C14H14FNO2S. The van der Waals surface area contributed by atoms with Crippen molar-refractivity contribution in [3.8, 4) is 0 Å². The summed E-state index contributed by atoms with van der Waals surface area (Å²) in [4.78, 5) is 14.6. The van der Waals surface area contributed by atoms with Crippen molar-refractivity contribution < 1.29 is 14.3 Å². The van der Waals surface area contributed by atoms with Crippen LogP contribution in [0.3, 0.4) is 0 Å². The number of rotatable bonds is 1. The second-order valence-electron chi connectivity index (χ2n) is 4.84. The molecule has 1 unspecified atom stereocenters. The Balaban J connectivity index is 1.88. The molecule has 1 saturated heterocycles. The maximum atomic E-state index is 13.1. The van der Waals surface area contributed by atoms with Crippen LogP contribution in [0.5, 0.6) is 0 Å². The molecule has 1 amide bonds. The number of hydrogen-bond acceptors (Lipinski definition) is 3. The highest BCUT2D eigenvalue weighted by Crippen LogP contribution is 2.28. The summed E-state index contributed by atoms with van der Waals surface area (Å²) >= 11 is 1.37. The molecule has 1 N–H and O–H groups in total. The van der Waals surface area contributed by atoms with Gasteiger partial charge < -0.3 is 10.0 Å². The number of thiophene rings is 1. The Bertz CT molecular complexity index is 625. The first-order chi connectivity index (χ1) is 9.13. The number of halogens is 1. The van der Waals surface area contributed by atoms with Gasteiger partial charge in [-0.25, -0.2) is 4.39 Å². The standard InChI is InChI=1S/C14H14FNO2S/c15-10-3-4-12-9(6-10)7-13(19-12)14(18)16-5-1-2-11(17)8-16/h3-4,6-7,11,17H,1-2,5,8H2. The normalized spacial score (nSPS) is 19.9. The minimum Gasteiger partial charge on any atom is -0.391 e. The zero-order valence-electron chi connectivity index (χ0n) is 10.3. The average Bonchev–Trinajstić information content (AvgIpc) is 2.80. The fourth-order valence-electron chi connectivity index (χ4n) is 2.41. The first-order valence-corrected chi connectivity index (χ1v) is 7.11.